The highest BCUT2D eigenvalue weighted by molar-refractivity contribution is 5.78. The molecule has 0 unspecified atom stereocenters. The van der Waals surface area contributed by atoms with E-state index in [-0.39, 0.29) is 12.5 Å². The van der Waals surface area contributed by atoms with Gasteiger partial charge in [0.1, 0.15) is 0 Å². The number of amides is 1. The Bertz CT molecular complexity index is 1030. The van der Waals surface area contributed by atoms with Gasteiger partial charge in [-0.1, -0.05) is 24.3 Å². The molecule has 0 spiro atoms. The molecule has 7 heteroatoms. The molecule has 4 aromatic heterocycles. The van der Waals surface area contributed by atoms with Gasteiger partial charge in [-0.2, -0.15) is 0 Å². The molecule has 166 valence electrons. The van der Waals surface area contributed by atoms with E-state index in [1.807, 2.05) is 72.8 Å². The molecule has 0 atom stereocenters. The Balaban J connectivity index is 1.53. The van der Waals surface area contributed by atoms with Crippen molar-refractivity contribution in [1.82, 2.24) is 29.7 Å². The number of nitrogens with zero attached hydrogens (tertiary/aromatic N) is 6. The van der Waals surface area contributed by atoms with Crippen molar-refractivity contribution < 1.29 is 4.79 Å². The molecule has 0 fully saturated rings. The minimum absolute atomic E-state index is 0.00170. The maximum atomic E-state index is 13.5. The predicted octanol–water partition coefficient (Wildman–Crippen LogP) is 3.50. The maximum absolute atomic E-state index is 13.5. The van der Waals surface area contributed by atoms with Crippen molar-refractivity contribution in [2.45, 2.75) is 26.2 Å². The molecule has 0 aliphatic carbocycles. The molecule has 4 aromatic rings. The highest BCUT2D eigenvalue weighted by Gasteiger charge is 2.20. The fourth-order valence-electron chi connectivity index (χ4n) is 3.51. The zero-order valence-corrected chi connectivity index (χ0v) is 18.4. The number of pyridine rings is 4. The van der Waals surface area contributed by atoms with E-state index in [0.717, 1.165) is 22.8 Å². The van der Waals surface area contributed by atoms with E-state index in [1.165, 1.54) is 0 Å². The van der Waals surface area contributed by atoms with Crippen LogP contribution in [0.1, 0.15) is 22.8 Å². The molecule has 1 amide bonds. The van der Waals surface area contributed by atoms with Crippen molar-refractivity contribution in [2.75, 3.05) is 6.54 Å². The van der Waals surface area contributed by atoms with Crippen molar-refractivity contribution in [3.8, 4) is 0 Å². The Labute approximate surface area is 193 Å². The molecule has 0 aromatic carbocycles. The largest absolute Gasteiger partial charge is 0.330 e. The standard InChI is InChI=1S/C26H26N6O/c33-26(32(19-24-11-3-7-15-29-24)20-25-12-4-8-16-30-25)21-31(17-22-9-1-5-13-27-22)18-23-10-2-6-14-28-23/h1-16H,17-21H2. The molecule has 0 saturated carbocycles. The van der Waals surface area contributed by atoms with Gasteiger partial charge in [0.05, 0.1) is 42.4 Å². The summed E-state index contributed by atoms with van der Waals surface area (Å²) in [7, 11) is 0. The minimum atomic E-state index is -0.00170. The molecule has 4 rings (SSSR count). The summed E-state index contributed by atoms with van der Waals surface area (Å²) in [6.45, 7) is 2.15. The lowest BCUT2D eigenvalue weighted by Crippen LogP contribution is -2.39. The van der Waals surface area contributed by atoms with Crippen LogP contribution in [0.4, 0.5) is 0 Å². The lowest BCUT2D eigenvalue weighted by Gasteiger charge is -2.27. The quantitative estimate of drug-likeness (QED) is 0.377. The molecule has 0 radical (unpaired) electrons. The van der Waals surface area contributed by atoms with Crippen LogP contribution in [0.25, 0.3) is 0 Å². The van der Waals surface area contributed by atoms with Gasteiger partial charge in [-0.25, -0.2) is 0 Å². The van der Waals surface area contributed by atoms with E-state index >= 15 is 0 Å². The molecular formula is C26H26N6O. The van der Waals surface area contributed by atoms with Crippen molar-refractivity contribution in [3.05, 3.63) is 120 Å². The Hall–Kier alpha value is -3.97. The fraction of sp³-hybridized carbons (Fsp3) is 0.192. The molecule has 0 saturated heterocycles. The summed E-state index contributed by atoms with van der Waals surface area (Å²) < 4.78 is 0. The fourth-order valence-corrected chi connectivity index (χ4v) is 3.51. The topological polar surface area (TPSA) is 75.1 Å². The smallest absolute Gasteiger partial charge is 0.237 e. The molecule has 0 aliphatic heterocycles. The Kier molecular flexibility index (Phi) is 7.81. The van der Waals surface area contributed by atoms with Crippen LogP contribution in [0.2, 0.25) is 0 Å². The average Bonchev–Trinajstić information content (AvgIpc) is 2.86. The Morgan fingerprint density at radius 2 is 0.909 bits per heavy atom. The third-order valence-corrected chi connectivity index (χ3v) is 5.09. The first-order chi connectivity index (χ1) is 16.3. The summed E-state index contributed by atoms with van der Waals surface area (Å²) in [5.74, 6) is -0.00170. The van der Waals surface area contributed by atoms with Gasteiger partial charge < -0.3 is 4.90 Å². The normalized spacial score (nSPS) is 10.8. The third-order valence-electron chi connectivity index (χ3n) is 5.09. The zero-order chi connectivity index (χ0) is 22.7. The van der Waals surface area contributed by atoms with Gasteiger partial charge in [-0.05, 0) is 48.5 Å². The summed E-state index contributed by atoms with van der Waals surface area (Å²) in [4.78, 5) is 35.1. The number of hydrogen-bond donors (Lipinski definition) is 0. The van der Waals surface area contributed by atoms with Crippen LogP contribution >= 0.6 is 0 Å². The van der Waals surface area contributed by atoms with Gasteiger partial charge in [0, 0.05) is 37.9 Å². The molecular weight excluding hydrogens is 412 g/mol. The first-order valence-electron chi connectivity index (χ1n) is 10.9. The van der Waals surface area contributed by atoms with Gasteiger partial charge in [0.15, 0.2) is 0 Å². The molecule has 0 bridgehead atoms. The summed E-state index contributed by atoms with van der Waals surface area (Å²) in [6.07, 6.45) is 7.02. The predicted molar refractivity (Wildman–Crippen MR) is 125 cm³/mol. The van der Waals surface area contributed by atoms with Gasteiger partial charge in [0.2, 0.25) is 5.91 Å². The molecule has 33 heavy (non-hydrogen) atoms. The summed E-state index contributed by atoms with van der Waals surface area (Å²) in [5, 5.41) is 0. The monoisotopic (exact) mass is 438 g/mol. The van der Waals surface area contributed by atoms with Crippen LogP contribution in [-0.2, 0) is 31.0 Å². The molecule has 4 heterocycles. The van der Waals surface area contributed by atoms with E-state index in [0.29, 0.717) is 26.2 Å². The van der Waals surface area contributed by atoms with Crippen LogP contribution < -0.4 is 0 Å². The van der Waals surface area contributed by atoms with Crippen LogP contribution in [0.15, 0.2) is 97.6 Å². The van der Waals surface area contributed by atoms with Crippen molar-refractivity contribution >= 4 is 5.91 Å². The molecule has 0 aliphatic rings. The second-order valence-electron chi connectivity index (χ2n) is 7.68. The third kappa shape index (κ3) is 7.02. The van der Waals surface area contributed by atoms with E-state index < -0.39 is 0 Å². The highest BCUT2D eigenvalue weighted by atomic mass is 16.2. The van der Waals surface area contributed by atoms with E-state index in [1.54, 1.807) is 29.7 Å². The van der Waals surface area contributed by atoms with Crippen LogP contribution in [-0.4, -0.2) is 42.2 Å². The summed E-state index contributed by atoms with van der Waals surface area (Å²) >= 11 is 0. The Morgan fingerprint density at radius 3 is 1.24 bits per heavy atom. The molecule has 7 nitrogen and oxygen atoms in total. The van der Waals surface area contributed by atoms with Crippen LogP contribution in [0.5, 0.6) is 0 Å². The summed E-state index contributed by atoms with van der Waals surface area (Å²) in [6, 6.07) is 23.1. The van der Waals surface area contributed by atoms with Crippen molar-refractivity contribution in [1.29, 1.82) is 0 Å². The number of rotatable bonds is 10. The lowest BCUT2D eigenvalue weighted by molar-refractivity contribution is -0.134. The summed E-state index contributed by atoms with van der Waals surface area (Å²) in [5.41, 5.74) is 3.48. The average molecular weight is 439 g/mol. The van der Waals surface area contributed by atoms with Crippen molar-refractivity contribution in [3.63, 3.8) is 0 Å². The minimum Gasteiger partial charge on any atom is -0.330 e. The van der Waals surface area contributed by atoms with Gasteiger partial charge in [0.25, 0.3) is 0 Å². The van der Waals surface area contributed by atoms with E-state index in [4.69, 9.17) is 0 Å². The molecule has 0 N–H and O–H groups in total. The first-order valence-corrected chi connectivity index (χ1v) is 10.9. The number of aromatic nitrogens is 4. The van der Waals surface area contributed by atoms with Crippen LogP contribution in [0, 0.1) is 0 Å². The second-order valence-corrected chi connectivity index (χ2v) is 7.68. The zero-order valence-electron chi connectivity index (χ0n) is 18.4. The highest BCUT2D eigenvalue weighted by Crippen LogP contribution is 2.11. The second kappa shape index (κ2) is 11.6. The van der Waals surface area contributed by atoms with E-state index in [9.17, 15) is 4.79 Å². The van der Waals surface area contributed by atoms with E-state index in [2.05, 4.69) is 24.8 Å². The first kappa shape index (κ1) is 22.2. The lowest BCUT2D eigenvalue weighted by atomic mass is 10.2. The van der Waals surface area contributed by atoms with Gasteiger partial charge in [-0.3, -0.25) is 29.6 Å². The SMILES string of the molecule is O=C(CN(Cc1ccccn1)Cc1ccccn1)N(Cc1ccccn1)Cc1ccccn1. The van der Waals surface area contributed by atoms with Gasteiger partial charge >= 0.3 is 0 Å². The van der Waals surface area contributed by atoms with Crippen LogP contribution in [0.3, 0.4) is 0 Å². The number of hydrogen-bond acceptors (Lipinski definition) is 6. The Morgan fingerprint density at radius 1 is 0.545 bits per heavy atom. The van der Waals surface area contributed by atoms with Crippen molar-refractivity contribution in [2.24, 2.45) is 0 Å². The number of carbonyl (C=O) groups is 1. The maximum Gasteiger partial charge on any atom is 0.237 e. The number of carbonyl (C=O) groups excluding carboxylic acids is 1. The van der Waals surface area contributed by atoms with Gasteiger partial charge in [-0.15, -0.1) is 0 Å².